The first-order valence-corrected chi connectivity index (χ1v) is 8.47. The molecule has 120 valence electrons. The summed E-state index contributed by atoms with van der Waals surface area (Å²) in [6.45, 7) is 4.27. The lowest BCUT2D eigenvalue weighted by molar-refractivity contribution is 0.492. The Morgan fingerprint density at radius 2 is 1.96 bits per heavy atom. The number of aryl methyl sites for hydroxylation is 2. The molecule has 1 aromatic carbocycles. The van der Waals surface area contributed by atoms with Crippen molar-refractivity contribution in [3.05, 3.63) is 75.8 Å². The molecule has 0 saturated carbocycles. The maximum atomic E-state index is 13.3. The third-order valence-corrected chi connectivity index (χ3v) is 5.23. The van der Waals surface area contributed by atoms with Gasteiger partial charge >= 0.3 is 0 Å². The predicted octanol–water partition coefficient (Wildman–Crippen LogP) is 4.37. The Balaban J connectivity index is 1.94. The summed E-state index contributed by atoms with van der Waals surface area (Å²) in [5, 5.41) is 5.75. The summed E-state index contributed by atoms with van der Waals surface area (Å²) >= 11 is 1.75. The number of halogens is 1. The average molecular weight is 329 g/mol. The fraction of sp³-hybridized carbons (Fsp3) is 0.278. The maximum absolute atomic E-state index is 13.3. The molecule has 0 saturated heterocycles. The van der Waals surface area contributed by atoms with Crippen molar-refractivity contribution < 1.29 is 4.39 Å². The molecular formula is C18H20FN3S. The van der Waals surface area contributed by atoms with Crippen molar-refractivity contribution >= 4 is 11.3 Å². The Morgan fingerprint density at radius 3 is 2.52 bits per heavy atom. The van der Waals surface area contributed by atoms with E-state index in [0.717, 1.165) is 11.4 Å². The normalized spacial score (nSPS) is 13.9. The predicted molar refractivity (Wildman–Crippen MR) is 92.1 cm³/mol. The van der Waals surface area contributed by atoms with Gasteiger partial charge in [0.15, 0.2) is 0 Å². The fourth-order valence-electron chi connectivity index (χ4n) is 2.78. The van der Waals surface area contributed by atoms with E-state index < -0.39 is 0 Å². The van der Waals surface area contributed by atoms with Crippen LogP contribution in [-0.4, -0.2) is 9.55 Å². The van der Waals surface area contributed by atoms with Gasteiger partial charge in [-0.05, 0) is 48.6 Å². The quantitative estimate of drug-likeness (QED) is 0.753. The van der Waals surface area contributed by atoms with Crippen LogP contribution in [0.15, 0.2) is 48.1 Å². The van der Waals surface area contributed by atoms with E-state index in [4.69, 9.17) is 0 Å². The number of hydrogen-bond acceptors (Lipinski definition) is 3. The monoisotopic (exact) mass is 329 g/mol. The smallest absolute Gasteiger partial charge is 0.130 e. The zero-order chi connectivity index (χ0) is 16.4. The number of benzene rings is 1. The molecule has 0 spiro atoms. The number of aromatic nitrogens is 2. The van der Waals surface area contributed by atoms with E-state index >= 15 is 0 Å². The Labute approximate surface area is 139 Å². The first-order valence-electron chi connectivity index (χ1n) is 7.59. The first kappa shape index (κ1) is 15.9. The minimum absolute atomic E-state index is 0.0906. The van der Waals surface area contributed by atoms with Crippen molar-refractivity contribution in [2.45, 2.75) is 25.9 Å². The summed E-state index contributed by atoms with van der Waals surface area (Å²) in [6.07, 6.45) is 3.71. The van der Waals surface area contributed by atoms with Crippen LogP contribution in [0.25, 0.3) is 0 Å². The Kier molecular flexibility index (Phi) is 4.59. The van der Waals surface area contributed by atoms with Crippen LogP contribution in [0.2, 0.25) is 0 Å². The third kappa shape index (κ3) is 3.35. The van der Waals surface area contributed by atoms with Gasteiger partial charge < -0.3 is 4.57 Å². The summed E-state index contributed by atoms with van der Waals surface area (Å²) in [6, 6.07) is 8.84. The minimum Gasteiger partial charge on any atom is -0.336 e. The second kappa shape index (κ2) is 6.64. The Hall–Kier alpha value is -1.98. The lowest BCUT2D eigenvalue weighted by Gasteiger charge is -2.23. The molecule has 0 unspecified atom stereocenters. The fourth-order valence-corrected chi connectivity index (χ4v) is 3.73. The second-order valence-electron chi connectivity index (χ2n) is 5.74. The van der Waals surface area contributed by atoms with Gasteiger partial charge in [0.05, 0.1) is 6.04 Å². The maximum Gasteiger partial charge on any atom is 0.130 e. The zero-order valence-electron chi connectivity index (χ0n) is 13.5. The number of rotatable bonds is 5. The first-order chi connectivity index (χ1) is 11.1. The highest BCUT2D eigenvalue weighted by molar-refractivity contribution is 7.10. The molecule has 23 heavy (non-hydrogen) atoms. The highest BCUT2D eigenvalue weighted by atomic mass is 32.1. The summed E-state index contributed by atoms with van der Waals surface area (Å²) < 4.78 is 15.3. The van der Waals surface area contributed by atoms with Crippen LogP contribution in [-0.2, 0) is 7.05 Å². The molecule has 2 atom stereocenters. The molecule has 3 rings (SSSR count). The molecule has 0 bridgehead atoms. The van der Waals surface area contributed by atoms with Crippen LogP contribution in [0.1, 0.15) is 40.8 Å². The van der Waals surface area contributed by atoms with Crippen LogP contribution in [0.4, 0.5) is 4.39 Å². The van der Waals surface area contributed by atoms with E-state index in [-0.39, 0.29) is 17.9 Å². The molecule has 0 amide bonds. The van der Waals surface area contributed by atoms with Gasteiger partial charge in [-0.25, -0.2) is 9.37 Å². The largest absolute Gasteiger partial charge is 0.336 e. The van der Waals surface area contributed by atoms with Gasteiger partial charge in [-0.2, -0.15) is 0 Å². The molecule has 0 aliphatic rings. The molecule has 3 aromatic rings. The molecule has 0 fully saturated rings. The van der Waals surface area contributed by atoms with Crippen molar-refractivity contribution in [2.24, 2.45) is 7.05 Å². The summed E-state index contributed by atoms with van der Waals surface area (Å²) in [4.78, 5) is 5.79. The highest BCUT2D eigenvalue weighted by Crippen LogP contribution is 2.29. The van der Waals surface area contributed by atoms with Gasteiger partial charge in [-0.1, -0.05) is 12.1 Å². The number of nitrogens with one attached hydrogen (secondary N) is 1. The van der Waals surface area contributed by atoms with Crippen LogP contribution in [0.5, 0.6) is 0 Å². The number of nitrogens with zero attached hydrogens (tertiary/aromatic N) is 2. The Bertz CT molecular complexity index is 776. The van der Waals surface area contributed by atoms with Crippen molar-refractivity contribution in [1.82, 2.24) is 14.9 Å². The SMILES string of the molecule is Cc1ccsc1[C@H](C)N[C@@H](c1ccc(F)cc1)c1nccn1C. The molecule has 3 nitrogen and oxygen atoms in total. The molecular weight excluding hydrogens is 309 g/mol. The molecule has 1 N–H and O–H groups in total. The van der Waals surface area contributed by atoms with E-state index in [2.05, 4.69) is 35.6 Å². The topological polar surface area (TPSA) is 29.9 Å². The number of imidazole rings is 1. The molecule has 5 heteroatoms. The van der Waals surface area contributed by atoms with E-state index in [1.54, 1.807) is 17.5 Å². The summed E-state index contributed by atoms with van der Waals surface area (Å²) in [5.74, 6) is 0.687. The van der Waals surface area contributed by atoms with E-state index in [9.17, 15) is 4.39 Å². The molecule has 0 aliphatic heterocycles. The van der Waals surface area contributed by atoms with Crippen molar-refractivity contribution in [1.29, 1.82) is 0 Å². The molecule has 2 aromatic heterocycles. The standard InChI is InChI=1S/C18H20FN3S/c1-12-8-11-23-17(12)13(2)21-16(18-20-9-10-22(18)3)14-4-6-15(19)7-5-14/h4-11,13,16,21H,1-3H3/t13-,16-/m0/s1. The molecule has 2 heterocycles. The van der Waals surface area contributed by atoms with Crippen LogP contribution in [0.3, 0.4) is 0 Å². The minimum atomic E-state index is -0.227. The van der Waals surface area contributed by atoms with Crippen molar-refractivity contribution in [3.63, 3.8) is 0 Å². The summed E-state index contributed by atoms with van der Waals surface area (Å²) in [7, 11) is 1.97. The van der Waals surface area contributed by atoms with Gasteiger partial charge in [-0.3, -0.25) is 5.32 Å². The number of hydrogen-bond donors (Lipinski definition) is 1. The Morgan fingerprint density at radius 1 is 1.22 bits per heavy atom. The van der Waals surface area contributed by atoms with Crippen LogP contribution >= 0.6 is 11.3 Å². The highest BCUT2D eigenvalue weighted by Gasteiger charge is 2.22. The van der Waals surface area contributed by atoms with Gasteiger partial charge in [0, 0.05) is 30.4 Å². The lowest BCUT2D eigenvalue weighted by Crippen LogP contribution is -2.27. The lowest BCUT2D eigenvalue weighted by atomic mass is 10.0. The third-order valence-electron chi connectivity index (χ3n) is 4.03. The van der Waals surface area contributed by atoms with Gasteiger partial charge in [0.25, 0.3) is 0 Å². The van der Waals surface area contributed by atoms with E-state index in [1.807, 2.05) is 29.9 Å². The molecule has 0 aliphatic carbocycles. The van der Waals surface area contributed by atoms with Crippen LogP contribution in [0, 0.1) is 12.7 Å². The van der Waals surface area contributed by atoms with Gasteiger partial charge in [0.1, 0.15) is 11.6 Å². The van der Waals surface area contributed by atoms with Crippen molar-refractivity contribution in [2.75, 3.05) is 0 Å². The second-order valence-corrected chi connectivity index (χ2v) is 6.68. The van der Waals surface area contributed by atoms with Gasteiger partial charge in [-0.15, -0.1) is 11.3 Å². The van der Waals surface area contributed by atoms with Gasteiger partial charge in [0.2, 0.25) is 0 Å². The summed E-state index contributed by atoms with van der Waals surface area (Å²) in [5.41, 5.74) is 2.29. The average Bonchev–Trinajstić information content (AvgIpc) is 3.14. The zero-order valence-corrected chi connectivity index (χ0v) is 14.3. The van der Waals surface area contributed by atoms with Crippen molar-refractivity contribution in [3.8, 4) is 0 Å². The van der Waals surface area contributed by atoms with E-state index in [0.29, 0.717) is 0 Å². The number of thiophene rings is 1. The molecule has 0 radical (unpaired) electrons. The van der Waals surface area contributed by atoms with Crippen LogP contribution < -0.4 is 5.32 Å². The van der Waals surface area contributed by atoms with E-state index in [1.165, 1.54) is 22.6 Å².